The SMILES string of the molecule is COCCNCc1cn(CC(=O)N2CCC(C)CC2)nn1. The van der Waals surface area contributed by atoms with E-state index in [1.807, 2.05) is 11.1 Å². The highest BCUT2D eigenvalue weighted by Gasteiger charge is 2.20. The van der Waals surface area contributed by atoms with E-state index in [0.29, 0.717) is 13.2 Å². The fourth-order valence-electron chi connectivity index (χ4n) is 2.38. The minimum absolute atomic E-state index is 0.130. The smallest absolute Gasteiger partial charge is 0.244 e. The van der Waals surface area contributed by atoms with Crippen LogP contribution in [0.4, 0.5) is 0 Å². The molecule has 7 nitrogen and oxygen atoms in total. The largest absolute Gasteiger partial charge is 0.383 e. The summed E-state index contributed by atoms with van der Waals surface area (Å²) in [6.45, 7) is 6.31. The maximum absolute atomic E-state index is 12.2. The van der Waals surface area contributed by atoms with Gasteiger partial charge in [0.15, 0.2) is 0 Å². The van der Waals surface area contributed by atoms with Gasteiger partial charge in [0, 0.05) is 33.3 Å². The molecule has 1 aliphatic rings. The number of hydrogen-bond acceptors (Lipinski definition) is 5. The molecule has 1 aromatic rings. The molecule has 1 aromatic heterocycles. The van der Waals surface area contributed by atoms with Crippen LogP contribution in [-0.4, -0.2) is 59.2 Å². The molecule has 1 saturated heterocycles. The van der Waals surface area contributed by atoms with E-state index in [2.05, 4.69) is 22.6 Å². The average molecular weight is 295 g/mol. The van der Waals surface area contributed by atoms with E-state index in [1.165, 1.54) is 0 Å². The Balaban J connectivity index is 1.75. The fourth-order valence-corrected chi connectivity index (χ4v) is 2.38. The van der Waals surface area contributed by atoms with Crippen molar-refractivity contribution < 1.29 is 9.53 Å². The van der Waals surface area contributed by atoms with Crippen LogP contribution in [0.3, 0.4) is 0 Å². The molecule has 2 heterocycles. The second-order valence-electron chi connectivity index (χ2n) is 5.64. The highest BCUT2D eigenvalue weighted by atomic mass is 16.5. The van der Waals surface area contributed by atoms with Gasteiger partial charge >= 0.3 is 0 Å². The number of nitrogens with one attached hydrogen (secondary N) is 1. The maximum atomic E-state index is 12.2. The van der Waals surface area contributed by atoms with Gasteiger partial charge in [-0.05, 0) is 18.8 Å². The number of carbonyl (C=O) groups is 1. The minimum Gasteiger partial charge on any atom is -0.383 e. The Morgan fingerprint density at radius 3 is 2.95 bits per heavy atom. The summed E-state index contributed by atoms with van der Waals surface area (Å²) in [6.07, 6.45) is 4.01. The predicted octanol–water partition coefficient (Wildman–Crippen LogP) is 0.273. The standard InChI is InChI=1S/C14H25N5O2/c1-12-3-6-18(7-4-12)14(20)11-19-10-13(16-17-19)9-15-5-8-21-2/h10,12,15H,3-9,11H2,1-2H3. The Morgan fingerprint density at radius 1 is 1.48 bits per heavy atom. The predicted molar refractivity (Wildman–Crippen MR) is 78.6 cm³/mol. The normalized spacial score (nSPS) is 16.4. The minimum atomic E-state index is 0.130. The van der Waals surface area contributed by atoms with E-state index in [-0.39, 0.29) is 12.5 Å². The third kappa shape index (κ3) is 5.09. The van der Waals surface area contributed by atoms with Gasteiger partial charge in [0.2, 0.25) is 5.91 Å². The van der Waals surface area contributed by atoms with E-state index < -0.39 is 0 Å². The van der Waals surface area contributed by atoms with Gasteiger partial charge in [0.25, 0.3) is 0 Å². The van der Waals surface area contributed by atoms with Gasteiger partial charge in [-0.2, -0.15) is 0 Å². The molecule has 2 rings (SSSR count). The lowest BCUT2D eigenvalue weighted by atomic mass is 9.99. The number of amides is 1. The molecule has 0 saturated carbocycles. The van der Waals surface area contributed by atoms with Crippen molar-refractivity contribution in [1.82, 2.24) is 25.2 Å². The fraction of sp³-hybridized carbons (Fsp3) is 0.786. The molecule has 0 atom stereocenters. The van der Waals surface area contributed by atoms with Crippen molar-refractivity contribution in [2.45, 2.75) is 32.9 Å². The lowest BCUT2D eigenvalue weighted by molar-refractivity contribution is -0.133. The third-order valence-electron chi connectivity index (χ3n) is 3.81. The molecular weight excluding hydrogens is 270 g/mol. The van der Waals surface area contributed by atoms with Crippen LogP contribution in [0.5, 0.6) is 0 Å². The van der Waals surface area contributed by atoms with Crippen molar-refractivity contribution in [3.8, 4) is 0 Å². The number of carbonyl (C=O) groups excluding carboxylic acids is 1. The van der Waals surface area contributed by atoms with Crippen molar-refractivity contribution >= 4 is 5.91 Å². The zero-order valence-corrected chi connectivity index (χ0v) is 12.9. The molecule has 0 aliphatic carbocycles. The molecule has 0 spiro atoms. The summed E-state index contributed by atoms with van der Waals surface area (Å²) in [5, 5.41) is 11.3. The number of ether oxygens (including phenoxy) is 1. The Bertz CT molecular complexity index is 440. The molecule has 1 aliphatic heterocycles. The molecule has 1 N–H and O–H groups in total. The van der Waals surface area contributed by atoms with Crippen LogP contribution in [0.1, 0.15) is 25.5 Å². The number of hydrogen-bond donors (Lipinski definition) is 1. The summed E-state index contributed by atoms with van der Waals surface area (Å²) >= 11 is 0. The zero-order valence-electron chi connectivity index (χ0n) is 12.9. The Hall–Kier alpha value is -1.47. The second kappa shape index (κ2) is 8.09. The Labute approximate surface area is 125 Å². The first-order valence-electron chi connectivity index (χ1n) is 7.55. The topological polar surface area (TPSA) is 72.3 Å². The van der Waals surface area contributed by atoms with Crippen LogP contribution in [0.25, 0.3) is 0 Å². The van der Waals surface area contributed by atoms with E-state index in [9.17, 15) is 4.79 Å². The molecule has 0 bridgehead atoms. The van der Waals surface area contributed by atoms with Gasteiger partial charge in [-0.3, -0.25) is 4.79 Å². The third-order valence-corrected chi connectivity index (χ3v) is 3.81. The van der Waals surface area contributed by atoms with E-state index >= 15 is 0 Å². The molecular formula is C14H25N5O2. The van der Waals surface area contributed by atoms with Crippen molar-refractivity contribution in [2.24, 2.45) is 5.92 Å². The van der Waals surface area contributed by atoms with Crippen LogP contribution in [0.15, 0.2) is 6.20 Å². The number of nitrogens with zero attached hydrogens (tertiary/aromatic N) is 4. The van der Waals surface area contributed by atoms with Gasteiger partial charge in [0.05, 0.1) is 18.5 Å². The summed E-state index contributed by atoms with van der Waals surface area (Å²) < 4.78 is 6.58. The van der Waals surface area contributed by atoms with Gasteiger partial charge in [-0.1, -0.05) is 12.1 Å². The average Bonchev–Trinajstić information content (AvgIpc) is 2.92. The highest BCUT2D eigenvalue weighted by molar-refractivity contribution is 5.75. The zero-order chi connectivity index (χ0) is 15.1. The summed E-state index contributed by atoms with van der Waals surface area (Å²) in [7, 11) is 1.67. The van der Waals surface area contributed by atoms with Crippen molar-refractivity contribution in [2.75, 3.05) is 33.4 Å². The number of rotatable bonds is 7. The number of methoxy groups -OCH3 is 1. The molecule has 21 heavy (non-hydrogen) atoms. The van der Waals surface area contributed by atoms with Crippen LogP contribution in [0.2, 0.25) is 0 Å². The van der Waals surface area contributed by atoms with Crippen LogP contribution in [-0.2, 0) is 22.6 Å². The lowest BCUT2D eigenvalue weighted by Gasteiger charge is -2.30. The molecule has 1 amide bonds. The number of aromatic nitrogens is 3. The summed E-state index contributed by atoms with van der Waals surface area (Å²) in [5.74, 6) is 0.857. The molecule has 7 heteroatoms. The van der Waals surface area contributed by atoms with Crippen molar-refractivity contribution in [1.29, 1.82) is 0 Å². The first-order valence-corrected chi connectivity index (χ1v) is 7.55. The quantitative estimate of drug-likeness (QED) is 0.731. The van der Waals surface area contributed by atoms with Crippen LogP contribution in [0, 0.1) is 5.92 Å². The summed E-state index contributed by atoms with van der Waals surface area (Å²) in [6, 6.07) is 0. The van der Waals surface area contributed by atoms with E-state index in [0.717, 1.165) is 44.1 Å². The lowest BCUT2D eigenvalue weighted by Crippen LogP contribution is -2.39. The summed E-state index contributed by atoms with van der Waals surface area (Å²) in [5.41, 5.74) is 0.839. The molecule has 118 valence electrons. The van der Waals surface area contributed by atoms with Gasteiger partial charge < -0.3 is 15.0 Å². The summed E-state index contributed by atoms with van der Waals surface area (Å²) in [4.78, 5) is 14.1. The van der Waals surface area contributed by atoms with Gasteiger partial charge in [0.1, 0.15) is 6.54 Å². The van der Waals surface area contributed by atoms with Crippen molar-refractivity contribution in [3.63, 3.8) is 0 Å². The molecule has 0 unspecified atom stereocenters. The van der Waals surface area contributed by atoms with Crippen molar-refractivity contribution in [3.05, 3.63) is 11.9 Å². The Kier molecular flexibility index (Phi) is 6.13. The monoisotopic (exact) mass is 295 g/mol. The van der Waals surface area contributed by atoms with Crippen LogP contribution >= 0.6 is 0 Å². The molecule has 1 fully saturated rings. The Morgan fingerprint density at radius 2 is 2.24 bits per heavy atom. The van der Waals surface area contributed by atoms with E-state index in [4.69, 9.17) is 4.74 Å². The molecule has 0 aromatic carbocycles. The van der Waals surface area contributed by atoms with E-state index in [1.54, 1.807) is 11.8 Å². The first kappa shape index (κ1) is 15.9. The first-order chi connectivity index (χ1) is 10.2. The van der Waals surface area contributed by atoms with Gasteiger partial charge in [-0.25, -0.2) is 4.68 Å². The second-order valence-corrected chi connectivity index (χ2v) is 5.64. The highest BCUT2D eigenvalue weighted by Crippen LogP contribution is 2.16. The van der Waals surface area contributed by atoms with Gasteiger partial charge in [-0.15, -0.1) is 5.10 Å². The maximum Gasteiger partial charge on any atom is 0.244 e. The number of piperidine rings is 1. The number of likely N-dealkylation sites (tertiary alicyclic amines) is 1. The molecule has 0 radical (unpaired) electrons. The van der Waals surface area contributed by atoms with Crippen LogP contribution < -0.4 is 5.32 Å².